The van der Waals surface area contributed by atoms with Crippen LogP contribution < -0.4 is 10.3 Å². The van der Waals surface area contributed by atoms with Gasteiger partial charge in [-0.25, -0.2) is 9.97 Å². The van der Waals surface area contributed by atoms with E-state index in [1.807, 2.05) is 36.6 Å². The van der Waals surface area contributed by atoms with Crippen molar-refractivity contribution in [3.63, 3.8) is 0 Å². The number of rotatable bonds is 8. The van der Waals surface area contributed by atoms with Crippen LogP contribution in [0.3, 0.4) is 0 Å². The van der Waals surface area contributed by atoms with E-state index in [0.717, 1.165) is 41.2 Å². The highest BCUT2D eigenvalue weighted by atomic mass is 32.1. The zero-order chi connectivity index (χ0) is 21.1. The van der Waals surface area contributed by atoms with Crippen molar-refractivity contribution < 1.29 is 4.74 Å². The normalized spacial score (nSPS) is 11.3. The summed E-state index contributed by atoms with van der Waals surface area (Å²) in [6.45, 7) is 7.18. The topological polar surface area (TPSA) is 85.7 Å². The first-order valence-corrected chi connectivity index (χ1v) is 11.1. The molecule has 0 aliphatic rings. The van der Waals surface area contributed by atoms with Gasteiger partial charge in [0.25, 0.3) is 5.56 Å². The van der Waals surface area contributed by atoms with Crippen LogP contribution in [0.15, 0.2) is 34.4 Å². The second kappa shape index (κ2) is 8.79. The monoisotopic (exact) mass is 423 g/mol. The van der Waals surface area contributed by atoms with Crippen molar-refractivity contribution in [2.75, 3.05) is 6.61 Å². The summed E-state index contributed by atoms with van der Waals surface area (Å²) in [7, 11) is 0. The predicted molar refractivity (Wildman–Crippen MR) is 119 cm³/mol. The summed E-state index contributed by atoms with van der Waals surface area (Å²) in [5.41, 5.74) is 3.43. The Labute approximate surface area is 178 Å². The highest BCUT2D eigenvalue weighted by Gasteiger charge is 2.19. The lowest BCUT2D eigenvalue weighted by Gasteiger charge is -2.10. The lowest BCUT2D eigenvalue weighted by Crippen LogP contribution is -2.15. The van der Waals surface area contributed by atoms with Gasteiger partial charge in [-0.15, -0.1) is 11.3 Å². The van der Waals surface area contributed by atoms with Gasteiger partial charge in [-0.1, -0.05) is 32.4 Å². The van der Waals surface area contributed by atoms with E-state index < -0.39 is 0 Å². The van der Waals surface area contributed by atoms with Crippen molar-refractivity contribution in [3.8, 4) is 17.1 Å². The molecule has 30 heavy (non-hydrogen) atoms. The Morgan fingerprint density at radius 3 is 2.73 bits per heavy atom. The van der Waals surface area contributed by atoms with Gasteiger partial charge in [0.05, 0.1) is 35.1 Å². The summed E-state index contributed by atoms with van der Waals surface area (Å²) >= 11 is 1.59. The van der Waals surface area contributed by atoms with Gasteiger partial charge in [-0.05, 0) is 31.9 Å². The maximum absolute atomic E-state index is 13.1. The van der Waals surface area contributed by atoms with Crippen molar-refractivity contribution in [2.24, 2.45) is 0 Å². The summed E-state index contributed by atoms with van der Waals surface area (Å²) < 4.78 is 7.59. The van der Waals surface area contributed by atoms with Crippen LogP contribution in [-0.4, -0.2) is 31.3 Å². The Balaban J connectivity index is 1.84. The number of nitrogens with zero attached hydrogens (tertiary/aromatic N) is 4. The Kier molecular flexibility index (Phi) is 5.94. The van der Waals surface area contributed by atoms with Crippen LogP contribution in [-0.2, 0) is 13.0 Å². The number of benzene rings is 1. The average molecular weight is 424 g/mol. The van der Waals surface area contributed by atoms with E-state index in [9.17, 15) is 4.79 Å². The number of fused-ring (bicyclic) bond motifs is 1. The summed E-state index contributed by atoms with van der Waals surface area (Å²) in [6.07, 6.45) is 2.58. The number of nitrogens with one attached hydrogen (secondary N) is 1. The van der Waals surface area contributed by atoms with Crippen molar-refractivity contribution in [1.82, 2.24) is 24.7 Å². The van der Waals surface area contributed by atoms with Crippen LogP contribution in [0.4, 0.5) is 0 Å². The molecule has 0 amide bonds. The molecule has 4 aromatic rings. The molecule has 0 radical (unpaired) electrons. The van der Waals surface area contributed by atoms with Gasteiger partial charge >= 0.3 is 0 Å². The van der Waals surface area contributed by atoms with Crippen LogP contribution in [0.1, 0.15) is 43.1 Å². The number of aryl methyl sites for hydroxylation is 2. The largest absolute Gasteiger partial charge is 0.493 e. The fraction of sp³-hybridized carbons (Fsp3) is 0.364. The van der Waals surface area contributed by atoms with Gasteiger partial charge in [-0.2, -0.15) is 5.10 Å². The quantitative estimate of drug-likeness (QED) is 0.456. The van der Waals surface area contributed by atoms with E-state index in [-0.39, 0.29) is 5.56 Å². The van der Waals surface area contributed by atoms with Crippen molar-refractivity contribution in [1.29, 1.82) is 0 Å². The zero-order valence-electron chi connectivity index (χ0n) is 17.4. The number of hydrogen-bond acceptors (Lipinski definition) is 6. The van der Waals surface area contributed by atoms with E-state index in [4.69, 9.17) is 14.8 Å². The smallest absolute Gasteiger partial charge is 0.277 e. The predicted octanol–water partition coefficient (Wildman–Crippen LogP) is 4.34. The van der Waals surface area contributed by atoms with E-state index in [1.165, 1.54) is 0 Å². The van der Waals surface area contributed by atoms with Gasteiger partial charge in [-0.3, -0.25) is 9.48 Å². The van der Waals surface area contributed by atoms with Crippen LogP contribution in [0.5, 0.6) is 5.75 Å². The molecule has 7 nitrogen and oxygen atoms in total. The molecule has 156 valence electrons. The number of H-pyrrole nitrogens is 1. The molecule has 0 saturated carbocycles. The van der Waals surface area contributed by atoms with Gasteiger partial charge in [0.15, 0.2) is 5.52 Å². The number of aromatic amines is 1. The van der Waals surface area contributed by atoms with E-state index in [1.54, 1.807) is 16.0 Å². The molecular weight excluding hydrogens is 398 g/mol. The minimum atomic E-state index is -0.206. The first kappa shape index (κ1) is 20.3. The van der Waals surface area contributed by atoms with E-state index in [0.29, 0.717) is 35.8 Å². The number of thiazole rings is 1. The molecule has 0 bridgehead atoms. The van der Waals surface area contributed by atoms with Crippen molar-refractivity contribution in [2.45, 2.75) is 46.6 Å². The number of hydrogen-bond donors (Lipinski definition) is 1. The minimum Gasteiger partial charge on any atom is -0.493 e. The standard InChI is InChI=1S/C22H25N5O2S/c1-4-8-17-19-20(27(26-17)12-15-13-30-14(3)23-15)22(28)25-21(24-19)16-9-6-7-10-18(16)29-11-5-2/h6-7,9-10,13H,4-5,8,11-12H2,1-3H3,(H,24,25,28). The summed E-state index contributed by atoms with van der Waals surface area (Å²) in [5.74, 6) is 1.21. The van der Waals surface area contributed by atoms with Gasteiger partial charge < -0.3 is 9.72 Å². The number of ether oxygens (including phenoxy) is 1. The van der Waals surface area contributed by atoms with Crippen LogP contribution in [0.2, 0.25) is 0 Å². The Bertz CT molecular complexity index is 1220. The first-order valence-electron chi connectivity index (χ1n) is 10.2. The molecule has 4 rings (SSSR count). The lowest BCUT2D eigenvalue weighted by molar-refractivity contribution is 0.318. The number of aromatic nitrogens is 5. The third-order valence-electron chi connectivity index (χ3n) is 4.74. The van der Waals surface area contributed by atoms with Crippen molar-refractivity contribution in [3.05, 3.63) is 56.4 Å². The molecule has 1 aromatic carbocycles. The van der Waals surface area contributed by atoms with Crippen LogP contribution in [0.25, 0.3) is 22.4 Å². The van der Waals surface area contributed by atoms with E-state index >= 15 is 0 Å². The molecular formula is C22H25N5O2S. The fourth-order valence-corrected chi connectivity index (χ4v) is 4.04. The minimum absolute atomic E-state index is 0.206. The Morgan fingerprint density at radius 1 is 1.17 bits per heavy atom. The van der Waals surface area contributed by atoms with Gasteiger partial charge in [0, 0.05) is 5.38 Å². The van der Waals surface area contributed by atoms with Crippen LogP contribution in [0, 0.1) is 6.92 Å². The third kappa shape index (κ3) is 4.00. The maximum Gasteiger partial charge on any atom is 0.277 e. The molecule has 0 saturated heterocycles. The summed E-state index contributed by atoms with van der Waals surface area (Å²) in [6, 6.07) is 7.65. The lowest BCUT2D eigenvalue weighted by atomic mass is 10.1. The molecule has 8 heteroatoms. The van der Waals surface area contributed by atoms with Crippen LogP contribution >= 0.6 is 11.3 Å². The maximum atomic E-state index is 13.1. The molecule has 0 fully saturated rings. The third-order valence-corrected chi connectivity index (χ3v) is 5.56. The molecule has 3 heterocycles. The van der Waals surface area contributed by atoms with Gasteiger partial charge in [0.2, 0.25) is 0 Å². The molecule has 0 aliphatic heterocycles. The van der Waals surface area contributed by atoms with E-state index in [2.05, 4.69) is 23.8 Å². The summed E-state index contributed by atoms with van der Waals surface area (Å²) in [4.78, 5) is 25.4. The Morgan fingerprint density at radius 2 is 2.00 bits per heavy atom. The SMILES string of the molecule is CCCOc1ccccc1-c1nc2c(CCC)nn(Cc3csc(C)n3)c2c(=O)[nH]1. The molecule has 0 spiro atoms. The highest BCUT2D eigenvalue weighted by molar-refractivity contribution is 7.09. The Hall–Kier alpha value is -3.00. The highest BCUT2D eigenvalue weighted by Crippen LogP contribution is 2.28. The fourth-order valence-electron chi connectivity index (χ4n) is 3.43. The molecule has 1 N–H and O–H groups in total. The molecule has 0 unspecified atom stereocenters. The second-order valence-corrected chi connectivity index (χ2v) is 8.23. The molecule has 0 atom stereocenters. The average Bonchev–Trinajstić information content (AvgIpc) is 3.30. The molecule has 0 aliphatic carbocycles. The number of para-hydroxylation sites is 1. The van der Waals surface area contributed by atoms with Gasteiger partial charge in [0.1, 0.15) is 17.1 Å². The van der Waals surface area contributed by atoms with Crippen molar-refractivity contribution >= 4 is 22.4 Å². The molecule has 3 aromatic heterocycles. The zero-order valence-corrected chi connectivity index (χ0v) is 18.3. The second-order valence-electron chi connectivity index (χ2n) is 7.17. The summed E-state index contributed by atoms with van der Waals surface area (Å²) in [5, 5.41) is 7.71. The first-order chi connectivity index (χ1) is 14.6.